The van der Waals surface area contributed by atoms with E-state index in [1.54, 1.807) is 0 Å². The fourth-order valence-corrected chi connectivity index (χ4v) is 4.18. The van der Waals surface area contributed by atoms with Crippen molar-refractivity contribution < 1.29 is 0 Å². The zero-order valence-corrected chi connectivity index (χ0v) is 10.2. The van der Waals surface area contributed by atoms with E-state index < -0.39 is 0 Å². The smallest absolute Gasteiger partial charge is 0.121 e. The molecule has 2 nitrogen and oxygen atoms in total. The molecular formula is C11H15ClN2S. The van der Waals surface area contributed by atoms with Gasteiger partial charge in [-0.25, -0.2) is 0 Å². The van der Waals surface area contributed by atoms with Crippen LogP contribution in [0.4, 0.5) is 0 Å². The first-order valence-electron chi connectivity index (χ1n) is 5.78. The molecule has 2 aliphatic carbocycles. The molecule has 0 radical (unpaired) electrons. The largest absolute Gasteiger partial charge is 0.144 e. The van der Waals surface area contributed by atoms with Crippen molar-refractivity contribution in [3.63, 3.8) is 0 Å². The van der Waals surface area contributed by atoms with Crippen LogP contribution >= 0.6 is 22.9 Å². The number of nitrogens with zero attached hydrogens (tertiary/aromatic N) is 2. The highest BCUT2D eigenvalue weighted by atomic mass is 35.5. The minimum absolute atomic E-state index is 0.726. The molecule has 2 atom stereocenters. The highest BCUT2D eigenvalue weighted by Gasteiger charge is 2.54. The Balaban J connectivity index is 1.64. The summed E-state index contributed by atoms with van der Waals surface area (Å²) in [7, 11) is 0. The number of rotatable bonds is 4. The maximum atomic E-state index is 5.67. The van der Waals surface area contributed by atoms with Crippen LogP contribution in [0.1, 0.15) is 41.6 Å². The van der Waals surface area contributed by atoms with E-state index in [0.29, 0.717) is 0 Å². The van der Waals surface area contributed by atoms with Crippen LogP contribution in [0.3, 0.4) is 0 Å². The van der Waals surface area contributed by atoms with Crippen molar-refractivity contribution in [1.82, 2.24) is 10.2 Å². The molecule has 4 heteroatoms. The Morgan fingerprint density at radius 2 is 2.07 bits per heavy atom. The standard InChI is InChI=1S/C11H15ClN2S/c12-6-2-5-9-13-14-11(15-9)10-7-3-1-4-8(7)10/h7-8,10H,1-6H2. The molecule has 1 aromatic heterocycles. The second-order valence-corrected chi connectivity index (χ2v) is 6.08. The summed E-state index contributed by atoms with van der Waals surface area (Å²) in [6, 6.07) is 0. The molecule has 2 aliphatic rings. The Morgan fingerprint density at radius 3 is 2.80 bits per heavy atom. The van der Waals surface area contributed by atoms with Crippen LogP contribution in [0.5, 0.6) is 0 Å². The highest BCUT2D eigenvalue weighted by Crippen LogP contribution is 2.63. The van der Waals surface area contributed by atoms with Gasteiger partial charge in [-0.1, -0.05) is 6.42 Å². The van der Waals surface area contributed by atoms with Gasteiger partial charge in [-0.15, -0.1) is 33.1 Å². The van der Waals surface area contributed by atoms with Gasteiger partial charge in [0, 0.05) is 18.2 Å². The third-order valence-corrected chi connectivity index (χ3v) is 5.05. The van der Waals surface area contributed by atoms with Gasteiger partial charge in [-0.3, -0.25) is 0 Å². The van der Waals surface area contributed by atoms with Crippen LogP contribution in [0.15, 0.2) is 0 Å². The van der Waals surface area contributed by atoms with Gasteiger partial charge in [0.2, 0.25) is 0 Å². The van der Waals surface area contributed by atoms with E-state index in [0.717, 1.165) is 36.5 Å². The van der Waals surface area contributed by atoms with E-state index in [1.807, 2.05) is 11.3 Å². The molecular weight excluding hydrogens is 228 g/mol. The second kappa shape index (κ2) is 4.02. The maximum Gasteiger partial charge on any atom is 0.121 e. The molecule has 0 bridgehead atoms. The van der Waals surface area contributed by atoms with Crippen molar-refractivity contribution in [2.24, 2.45) is 11.8 Å². The van der Waals surface area contributed by atoms with E-state index in [1.165, 1.54) is 29.3 Å². The summed E-state index contributed by atoms with van der Waals surface area (Å²) in [5.74, 6) is 3.42. The first-order chi connectivity index (χ1) is 7.40. The summed E-state index contributed by atoms with van der Waals surface area (Å²) in [5, 5.41) is 11.1. The van der Waals surface area contributed by atoms with Crippen LogP contribution in [-0.4, -0.2) is 16.1 Å². The van der Waals surface area contributed by atoms with Crippen molar-refractivity contribution in [3.05, 3.63) is 10.0 Å². The number of hydrogen-bond acceptors (Lipinski definition) is 3. The van der Waals surface area contributed by atoms with Crippen LogP contribution in [0.2, 0.25) is 0 Å². The van der Waals surface area contributed by atoms with Crippen molar-refractivity contribution in [3.8, 4) is 0 Å². The minimum Gasteiger partial charge on any atom is -0.144 e. The average Bonchev–Trinajstić information content (AvgIpc) is 2.73. The Kier molecular flexibility index (Phi) is 2.69. The lowest BCUT2D eigenvalue weighted by Crippen LogP contribution is -1.86. The number of aryl methyl sites for hydroxylation is 1. The van der Waals surface area contributed by atoms with Crippen molar-refractivity contribution in [1.29, 1.82) is 0 Å². The third kappa shape index (κ3) is 1.80. The molecule has 0 aromatic carbocycles. The summed E-state index contributed by atoms with van der Waals surface area (Å²) in [4.78, 5) is 0. The van der Waals surface area contributed by atoms with E-state index in [-0.39, 0.29) is 0 Å². The van der Waals surface area contributed by atoms with Gasteiger partial charge in [0.15, 0.2) is 0 Å². The predicted octanol–water partition coefficient (Wildman–Crippen LogP) is 3.22. The van der Waals surface area contributed by atoms with Crippen molar-refractivity contribution in [2.45, 2.75) is 38.0 Å². The Labute approximate surface area is 99.1 Å². The Morgan fingerprint density at radius 1 is 1.27 bits per heavy atom. The zero-order chi connectivity index (χ0) is 10.3. The molecule has 1 aromatic rings. The lowest BCUT2D eigenvalue weighted by Gasteiger charge is -1.95. The molecule has 3 rings (SSSR count). The van der Waals surface area contributed by atoms with Gasteiger partial charge in [-0.2, -0.15) is 0 Å². The summed E-state index contributed by atoms with van der Waals surface area (Å²) in [5.41, 5.74) is 0. The highest BCUT2D eigenvalue weighted by molar-refractivity contribution is 7.11. The number of hydrogen-bond donors (Lipinski definition) is 0. The number of alkyl halides is 1. The Bertz CT molecular complexity index is 342. The van der Waals surface area contributed by atoms with Gasteiger partial charge in [0.25, 0.3) is 0 Å². The quantitative estimate of drug-likeness (QED) is 0.758. The minimum atomic E-state index is 0.726. The van der Waals surface area contributed by atoms with E-state index >= 15 is 0 Å². The van der Waals surface area contributed by atoms with Crippen LogP contribution in [-0.2, 0) is 6.42 Å². The molecule has 0 spiro atoms. The molecule has 15 heavy (non-hydrogen) atoms. The van der Waals surface area contributed by atoms with Crippen LogP contribution in [0.25, 0.3) is 0 Å². The molecule has 2 saturated carbocycles. The van der Waals surface area contributed by atoms with E-state index in [4.69, 9.17) is 11.6 Å². The zero-order valence-electron chi connectivity index (χ0n) is 8.66. The van der Waals surface area contributed by atoms with Gasteiger partial charge < -0.3 is 0 Å². The summed E-state index contributed by atoms with van der Waals surface area (Å²) in [6.07, 6.45) is 6.30. The summed E-state index contributed by atoms with van der Waals surface area (Å²) in [6.45, 7) is 0. The molecule has 82 valence electrons. The van der Waals surface area contributed by atoms with E-state index in [2.05, 4.69) is 10.2 Å². The molecule has 2 fully saturated rings. The molecule has 0 amide bonds. The van der Waals surface area contributed by atoms with Gasteiger partial charge >= 0.3 is 0 Å². The summed E-state index contributed by atoms with van der Waals surface area (Å²) < 4.78 is 0. The molecule has 0 aliphatic heterocycles. The van der Waals surface area contributed by atoms with Gasteiger partial charge in [-0.05, 0) is 31.1 Å². The first kappa shape index (κ1) is 10.0. The topological polar surface area (TPSA) is 25.8 Å². The van der Waals surface area contributed by atoms with Crippen LogP contribution < -0.4 is 0 Å². The van der Waals surface area contributed by atoms with Crippen molar-refractivity contribution >= 4 is 22.9 Å². The number of fused-ring (bicyclic) bond motifs is 1. The number of halogens is 1. The van der Waals surface area contributed by atoms with Crippen LogP contribution in [0, 0.1) is 11.8 Å². The molecule has 1 heterocycles. The first-order valence-corrected chi connectivity index (χ1v) is 7.13. The van der Waals surface area contributed by atoms with Gasteiger partial charge in [0.1, 0.15) is 10.0 Å². The number of aromatic nitrogens is 2. The third-order valence-electron chi connectivity index (χ3n) is 3.70. The molecule has 0 N–H and O–H groups in total. The molecule has 2 unspecified atom stereocenters. The normalized spacial score (nSPS) is 33.0. The second-order valence-electron chi connectivity index (χ2n) is 4.61. The summed E-state index contributed by atoms with van der Waals surface area (Å²) >= 11 is 7.49. The lowest BCUT2D eigenvalue weighted by molar-refractivity contribution is 0.674. The fraction of sp³-hybridized carbons (Fsp3) is 0.818. The van der Waals surface area contributed by atoms with E-state index in [9.17, 15) is 0 Å². The molecule has 0 saturated heterocycles. The fourth-order valence-electron chi connectivity index (χ4n) is 2.91. The predicted molar refractivity (Wildman–Crippen MR) is 62.5 cm³/mol. The maximum absolute atomic E-state index is 5.67. The van der Waals surface area contributed by atoms with Crippen molar-refractivity contribution in [2.75, 3.05) is 5.88 Å². The SMILES string of the molecule is ClCCCc1nnc(C2C3CCCC32)s1. The lowest BCUT2D eigenvalue weighted by atomic mass is 10.2. The Hall–Kier alpha value is -0.150. The average molecular weight is 243 g/mol. The monoisotopic (exact) mass is 242 g/mol. The van der Waals surface area contributed by atoms with Gasteiger partial charge in [0.05, 0.1) is 0 Å².